The summed E-state index contributed by atoms with van der Waals surface area (Å²) in [7, 11) is -3.78. The fourth-order valence-electron chi connectivity index (χ4n) is 1.51. The molecule has 2 N–H and O–H groups in total. The molecule has 0 saturated heterocycles. The van der Waals surface area contributed by atoms with Gasteiger partial charge in [0.1, 0.15) is 0 Å². The monoisotopic (exact) mass is 412 g/mol. The van der Waals surface area contributed by atoms with Gasteiger partial charge in [0, 0.05) is 15.0 Å². The molecule has 0 aliphatic carbocycles. The van der Waals surface area contributed by atoms with Crippen molar-refractivity contribution >= 4 is 47.8 Å². The molecule has 0 atom stereocenters. The molecule has 0 heterocycles. The summed E-state index contributed by atoms with van der Waals surface area (Å²) in [5, 5.41) is 0. The van der Waals surface area contributed by atoms with Gasteiger partial charge in [-0.3, -0.25) is 4.79 Å². The van der Waals surface area contributed by atoms with Crippen molar-refractivity contribution in [2.24, 2.45) is 5.73 Å². The Morgan fingerprint density at radius 2 is 1.95 bits per heavy atom. The van der Waals surface area contributed by atoms with Gasteiger partial charge in [-0.25, -0.2) is 8.42 Å². The van der Waals surface area contributed by atoms with Crippen LogP contribution < -0.4 is 5.73 Å². The molecule has 0 bridgehead atoms. The fourth-order valence-corrected chi connectivity index (χ4v) is 4.82. The standard InChI is InChI=1S/C11H14Br2N2O3S/c1-7(2)15(6-11(14)16)19(17,18)10-4-3-8(12)5-9(10)13/h3-5,7H,6H2,1-2H3,(H2,14,16). The third-order valence-electron chi connectivity index (χ3n) is 2.37. The first-order valence-corrected chi connectivity index (χ1v) is 8.44. The largest absolute Gasteiger partial charge is 0.369 e. The molecule has 1 rings (SSSR count). The first-order valence-electron chi connectivity index (χ1n) is 5.41. The highest BCUT2D eigenvalue weighted by molar-refractivity contribution is 9.11. The summed E-state index contributed by atoms with van der Waals surface area (Å²) >= 11 is 6.47. The Morgan fingerprint density at radius 1 is 1.37 bits per heavy atom. The van der Waals surface area contributed by atoms with Crippen LogP contribution >= 0.6 is 31.9 Å². The van der Waals surface area contributed by atoms with Crippen LogP contribution in [0.25, 0.3) is 0 Å². The van der Waals surface area contributed by atoms with E-state index in [2.05, 4.69) is 31.9 Å². The predicted octanol–water partition coefficient (Wildman–Crippen LogP) is 2.10. The second-order valence-corrected chi connectivity index (χ2v) is 7.81. The van der Waals surface area contributed by atoms with Gasteiger partial charge in [-0.05, 0) is 48.0 Å². The van der Waals surface area contributed by atoms with Gasteiger partial charge in [0.25, 0.3) is 0 Å². The molecule has 1 aromatic carbocycles. The minimum atomic E-state index is -3.78. The Labute approximate surface area is 129 Å². The highest BCUT2D eigenvalue weighted by atomic mass is 79.9. The lowest BCUT2D eigenvalue weighted by Gasteiger charge is -2.25. The van der Waals surface area contributed by atoms with E-state index in [0.717, 1.165) is 8.78 Å². The molecule has 0 spiro atoms. The zero-order chi connectivity index (χ0) is 14.8. The smallest absolute Gasteiger partial charge is 0.244 e. The fraction of sp³-hybridized carbons (Fsp3) is 0.364. The van der Waals surface area contributed by atoms with E-state index in [4.69, 9.17) is 5.73 Å². The van der Waals surface area contributed by atoms with E-state index in [-0.39, 0.29) is 17.5 Å². The first-order chi connectivity index (χ1) is 8.66. The number of hydrogen-bond acceptors (Lipinski definition) is 3. The number of nitrogens with two attached hydrogens (primary N) is 1. The maximum absolute atomic E-state index is 12.5. The van der Waals surface area contributed by atoms with Crippen molar-refractivity contribution in [1.82, 2.24) is 4.31 Å². The van der Waals surface area contributed by atoms with Crippen molar-refractivity contribution in [3.8, 4) is 0 Å². The minimum Gasteiger partial charge on any atom is -0.369 e. The van der Waals surface area contributed by atoms with Crippen LogP contribution in [-0.4, -0.2) is 31.2 Å². The molecular weight excluding hydrogens is 400 g/mol. The second kappa shape index (κ2) is 6.34. The highest BCUT2D eigenvalue weighted by Crippen LogP contribution is 2.28. The van der Waals surface area contributed by atoms with Gasteiger partial charge < -0.3 is 5.73 Å². The quantitative estimate of drug-likeness (QED) is 0.802. The van der Waals surface area contributed by atoms with Gasteiger partial charge >= 0.3 is 0 Å². The van der Waals surface area contributed by atoms with E-state index in [9.17, 15) is 13.2 Å². The molecule has 0 fully saturated rings. The van der Waals surface area contributed by atoms with E-state index in [1.165, 1.54) is 6.07 Å². The van der Waals surface area contributed by atoms with E-state index in [1.54, 1.807) is 26.0 Å². The highest BCUT2D eigenvalue weighted by Gasteiger charge is 2.29. The molecule has 0 aliphatic heterocycles. The van der Waals surface area contributed by atoms with Crippen molar-refractivity contribution in [3.63, 3.8) is 0 Å². The average molecular weight is 414 g/mol. The number of primary amides is 1. The predicted molar refractivity (Wildman–Crippen MR) is 80.1 cm³/mol. The summed E-state index contributed by atoms with van der Waals surface area (Å²) in [4.78, 5) is 11.1. The molecule has 8 heteroatoms. The normalized spacial score (nSPS) is 12.1. The Hall–Kier alpha value is -0.440. The van der Waals surface area contributed by atoms with Gasteiger partial charge in [0.05, 0.1) is 11.4 Å². The number of hydrogen-bond donors (Lipinski definition) is 1. The molecule has 0 radical (unpaired) electrons. The summed E-state index contributed by atoms with van der Waals surface area (Å²) in [6.07, 6.45) is 0. The topological polar surface area (TPSA) is 80.5 Å². The maximum Gasteiger partial charge on any atom is 0.244 e. The number of carbonyl (C=O) groups excluding carboxylic acids is 1. The lowest BCUT2D eigenvalue weighted by atomic mass is 10.4. The van der Waals surface area contributed by atoms with E-state index in [1.807, 2.05) is 0 Å². The summed E-state index contributed by atoms with van der Waals surface area (Å²) in [5.41, 5.74) is 5.10. The van der Waals surface area contributed by atoms with Crippen molar-refractivity contribution in [2.75, 3.05) is 6.54 Å². The number of benzene rings is 1. The van der Waals surface area contributed by atoms with Crippen LogP contribution in [-0.2, 0) is 14.8 Å². The van der Waals surface area contributed by atoms with Gasteiger partial charge in [-0.1, -0.05) is 15.9 Å². The second-order valence-electron chi connectivity index (χ2n) is 4.19. The lowest BCUT2D eigenvalue weighted by molar-refractivity contribution is -0.118. The summed E-state index contributed by atoms with van der Waals surface area (Å²) < 4.78 is 27.3. The molecule has 0 aliphatic rings. The van der Waals surface area contributed by atoms with Crippen LogP contribution in [0.3, 0.4) is 0 Å². The van der Waals surface area contributed by atoms with Crippen molar-refractivity contribution in [1.29, 1.82) is 0 Å². The van der Waals surface area contributed by atoms with Crippen molar-refractivity contribution < 1.29 is 13.2 Å². The number of nitrogens with zero attached hydrogens (tertiary/aromatic N) is 1. The van der Waals surface area contributed by atoms with Crippen LogP contribution in [0, 0.1) is 0 Å². The summed E-state index contributed by atoms with van der Waals surface area (Å²) in [6, 6.07) is 4.36. The van der Waals surface area contributed by atoms with Crippen LogP contribution in [0.15, 0.2) is 32.0 Å². The zero-order valence-corrected chi connectivity index (χ0v) is 14.4. The van der Waals surface area contributed by atoms with Crippen LogP contribution in [0.2, 0.25) is 0 Å². The van der Waals surface area contributed by atoms with Crippen molar-refractivity contribution in [2.45, 2.75) is 24.8 Å². The first kappa shape index (κ1) is 16.6. The molecule has 5 nitrogen and oxygen atoms in total. The van der Waals surface area contributed by atoms with Gasteiger partial charge in [0.2, 0.25) is 15.9 Å². The van der Waals surface area contributed by atoms with E-state index in [0.29, 0.717) is 4.47 Å². The molecule has 0 unspecified atom stereocenters. The maximum atomic E-state index is 12.5. The van der Waals surface area contributed by atoms with Gasteiger partial charge in [-0.2, -0.15) is 4.31 Å². The van der Waals surface area contributed by atoms with Gasteiger partial charge in [0.15, 0.2) is 0 Å². The Morgan fingerprint density at radius 3 is 2.37 bits per heavy atom. The minimum absolute atomic E-state index is 0.102. The molecule has 1 aromatic rings. The molecule has 0 saturated carbocycles. The third-order valence-corrected chi connectivity index (χ3v) is 5.86. The number of rotatable bonds is 5. The Bertz CT molecular complexity index is 588. The lowest BCUT2D eigenvalue weighted by Crippen LogP contribution is -2.42. The van der Waals surface area contributed by atoms with Crippen LogP contribution in [0.1, 0.15) is 13.8 Å². The zero-order valence-electron chi connectivity index (χ0n) is 10.4. The van der Waals surface area contributed by atoms with E-state index >= 15 is 0 Å². The SMILES string of the molecule is CC(C)N(CC(N)=O)S(=O)(=O)c1ccc(Br)cc1Br. The molecule has 19 heavy (non-hydrogen) atoms. The Balaban J connectivity index is 3.30. The number of sulfonamides is 1. The molecular formula is C11H14Br2N2O3S. The Kier molecular flexibility index (Phi) is 5.54. The molecule has 1 amide bonds. The number of amides is 1. The van der Waals surface area contributed by atoms with Crippen LogP contribution in [0.5, 0.6) is 0 Å². The summed E-state index contributed by atoms with van der Waals surface area (Å²) in [6.45, 7) is 3.03. The van der Waals surface area contributed by atoms with Crippen LogP contribution in [0.4, 0.5) is 0 Å². The number of halogens is 2. The number of carbonyl (C=O) groups is 1. The molecule has 106 valence electrons. The summed E-state index contributed by atoms with van der Waals surface area (Å²) in [5.74, 6) is -0.689. The van der Waals surface area contributed by atoms with Crippen molar-refractivity contribution in [3.05, 3.63) is 27.1 Å². The average Bonchev–Trinajstić information content (AvgIpc) is 2.24. The molecule has 0 aromatic heterocycles. The van der Waals surface area contributed by atoms with Gasteiger partial charge in [-0.15, -0.1) is 0 Å². The van der Waals surface area contributed by atoms with E-state index < -0.39 is 15.9 Å². The third kappa shape index (κ3) is 4.01.